The molecule has 4 aliphatic rings. The van der Waals surface area contributed by atoms with Crippen molar-refractivity contribution in [1.29, 1.82) is 0 Å². The largest absolute Gasteiger partial charge is 0.378 e. The summed E-state index contributed by atoms with van der Waals surface area (Å²) < 4.78 is 7.72. The Morgan fingerprint density at radius 3 is 2.49 bits per heavy atom. The molecule has 0 unspecified atom stereocenters. The molecule has 0 amide bonds. The number of hydrogen-bond acceptors (Lipinski definition) is 1. The second kappa shape index (κ2) is 12.5. The monoisotopic (exact) mass is 596 g/mol. The summed E-state index contributed by atoms with van der Waals surface area (Å²) in [4.78, 5) is 0. The highest BCUT2D eigenvalue weighted by Gasteiger charge is 2.59. The molecular formula is C33H57IO. The quantitative estimate of drug-likeness (QED) is 0.0943. The Labute approximate surface area is 232 Å². The highest BCUT2D eigenvalue weighted by Crippen LogP contribution is 2.67. The third-order valence-electron chi connectivity index (χ3n) is 11.6. The maximum Gasteiger partial charge on any atom is 0.0612 e. The van der Waals surface area contributed by atoms with Gasteiger partial charge in [0.25, 0.3) is 0 Å². The average Bonchev–Trinajstić information content (AvgIpc) is 3.18. The second-order valence-electron chi connectivity index (χ2n) is 14.1. The molecule has 0 aromatic rings. The van der Waals surface area contributed by atoms with Gasteiger partial charge in [-0.25, -0.2) is 0 Å². The lowest BCUT2D eigenvalue weighted by Crippen LogP contribution is -2.51. The van der Waals surface area contributed by atoms with Crippen molar-refractivity contribution in [3.8, 4) is 0 Å². The van der Waals surface area contributed by atoms with Crippen LogP contribution < -0.4 is 0 Å². The first kappa shape index (κ1) is 28.4. The van der Waals surface area contributed by atoms with E-state index in [9.17, 15) is 0 Å². The lowest BCUT2D eigenvalue weighted by molar-refractivity contribution is -0.0641. The Morgan fingerprint density at radius 2 is 1.71 bits per heavy atom. The molecule has 4 rings (SSSR count). The van der Waals surface area contributed by atoms with E-state index >= 15 is 0 Å². The van der Waals surface area contributed by atoms with Crippen molar-refractivity contribution in [3.63, 3.8) is 0 Å². The van der Waals surface area contributed by atoms with Crippen LogP contribution in [0.1, 0.15) is 131 Å². The molecule has 0 saturated heterocycles. The van der Waals surface area contributed by atoms with Gasteiger partial charge in [0.15, 0.2) is 0 Å². The fraction of sp³-hybridized carbons (Fsp3) is 0.939. The van der Waals surface area contributed by atoms with Gasteiger partial charge < -0.3 is 4.74 Å². The average molecular weight is 597 g/mol. The van der Waals surface area contributed by atoms with E-state index in [-0.39, 0.29) is 0 Å². The number of rotatable bonds is 12. The van der Waals surface area contributed by atoms with Crippen molar-refractivity contribution >= 4 is 22.6 Å². The van der Waals surface area contributed by atoms with E-state index in [1.54, 1.807) is 5.57 Å². The standard InChI is InChI=1S/C33H57IO/c1-24(2)11-10-12-25(3)29-15-16-30-28-14-13-26-23-27(35-22-9-7-6-8-21-34)17-19-32(26,4)31(28)18-20-33(29,30)5/h13,24-25,27-31H,6-12,14-23H2,1-5H3/t25-,27-,28+,29-,30+,31+,32+,33-/m1/s1. The Bertz CT molecular complexity index is 699. The Hall–Kier alpha value is 0.430. The highest BCUT2D eigenvalue weighted by atomic mass is 127. The summed E-state index contributed by atoms with van der Waals surface area (Å²) in [5.41, 5.74) is 2.86. The van der Waals surface area contributed by atoms with Crippen molar-refractivity contribution in [2.75, 3.05) is 11.0 Å². The maximum absolute atomic E-state index is 6.42. The number of unbranched alkanes of at least 4 members (excludes halogenated alkanes) is 3. The molecule has 4 aliphatic carbocycles. The molecule has 0 bridgehead atoms. The normalized spacial score (nSPS) is 39.6. The van der Waals surface area contributed by atoms with E-state index in [0.29, 0.717) is 16.9 Å². The Morgan fingerprint density at radius 1 is 0.914 bits per heavy atom. The minimum atomic E-state index is 0.464. The maximum atomic E-state index is 6.42. The summed E-state index contributed by atoms with van der Waals surface area (Å²) in [5.74, 6) is 5.61. The van der Waals surface area contributed by atoms with E-state index in [1.807, 2.05) is 0 Å². The van der Waals surface area contributed by atoms with Crippen LogP contribution in [0.4, 0.5) is 0 Å². The molecule has 35 heavy (non-hydrogen) atoms. The van der Waals surface area contributed by atoms with Crippen LogP contribution in [0.3, 0.4) is 0 Å². The number of hydrogen-bond donors (Lipinski definition) is 0. The van der Waals surface area contributed by atoms with Crippen molar-refractivity contribution in [3.05, 3.63) is 11.6 Å². The van der Waals surface area contributed by atoms with Gasteiger partial charge in [-0.2, -0.15) is 0 Å². The lowest BCUT2D eigenvalue weighted by atomic mass is 9.47. The van der Waals surface area contributed by atoms with Crippen LogP contribution in [0, 0.1) is 46.3 Å². The van der Waals surface area contributed by atoms with E-state index in [1.165, 1.54) is 101 Å². The van der Waals surface area contributed by atoms with Crippen molar-refractivity contribution in [2.45, 2.75) is 137 Å². The van der Waals surface area contributed by atoms with Gasteiger partial charge in [-0.15, -0.1) is 0 Å². The molecule has 0 N–H and O–H groups in total. The van der Waals surface area contributed by atoms with Gasteiger partial charge in [-0.05, 0) is 115 Å². The van der Waals surface area contributed by atoms with Crippen LogP contribution in [-0.2, 0) is 4.74 Å². The molecule has 0 aromatic heterocycles. The van der Waals surface area contributed by atoms with Gasteiger partial charge in [-0.3, -0.25) is 0 Å². The third-order valence-corrected chi connectivity index (χ3v) is 12.4. The van der Waals surface area contributed by atoms with Crippen LogP contribution in [-0.4, -0.2) is 17.1 Å². The van der Waals surface area contributed by atoms with E-state index in [2.05, 4.69) is 63.3 Å². The van der Waals surface area contributed by atoms with Crippen molar-refractivity contribution < 1.29 is 4.74 Å². The van der Waals surface area contributed by atoms with Gasteiger partial charge in [0.05, 0.1) is 6.10 Å². The molecular weight excluding hydrogens is 539 g/mol. The van der Waals surface area contributed by atoms with E-state index < -0.39 is 0 Å². The summed E-state index contributed by atoms with van der Waals surface area (Å²) in [6.07, 6.45) is 24.2. The number of halogens is 1. The van der Waals surface area contributed by atoms with Crippen molar-refractivity contribution in [1.82, 2.24) is 0 Å². The van der Waals surface area contributed by atoms with Gasteiger partial charge in [0.1, 0.15) is 0 Å². The minimum Gasteiger partial charge on any atom is -0.378 e. The molecule has 2 heteroatoms. The molecule has 8 atom stereocenters. The number of allylic oxidation sites excluding steroid dienone is 1. The fourth-order valence-corrected chi connectivity index (χ4v) is 10.1. The number of fused-ring (bicyclic) bond motifs is 5. The molecule has 0 heterocycles. The molecule has 1 nitrogen and oxygen atoms in total. The molecule has 202 valence electrons. The van der Waals surface area contributed by atoms with E-state index in [4.69, 9.17) is 4.74 Å². The van der Waals surface area contributed by atoms with Gasteiger partial charge in [0.2, 0.25) is 0 Å². The summed E-state index contributed by atoms with van der Waals surface area (Å²) in [7, 11) is 0. The van der Waals surface area contributed by atoms with Crippen LogP contribution in [0.15, 0.2) is 11.6 Å². The minimum absolute atomic E-state index is 0.464. The van der Waals surface area contributed by atoms with Crippen LogP contribution in [0.5, 0.6) is 0 Å². The second-order valence-corrected chi connectivity index (χ2v) is 15.2. The smallest absolute Gasteiger partial charge is 0.0612 e. The lowest BCUT2D eigenvalue weighted by Gasteiger charge is -2.58. The Balaban J connectivity index is 1.34. The first-order valence-corrected chi connectivity index (χ1v) is 17.2. The topological polar surface area (TPSA) is 9.23 Å². The predicted molar refractivity (Wildman–Crippen MR) is 160 cm³/mol. The van der Waals surface area contributed by atoms with Crippen LogP contribution in [0.25, 0.3) is 0 Å². The molecule has 0 aromatic carbocycles. The molecule has 0 radical (unpaired) electrons. The van der Waals surface area contributed by atoms with E-state index in [0.717, 1.165) is 42.1 Å². The molecule has 3 fully saturated rings. The zero-order valence-electron chi connectivity index (χ0n) is 23.9. The summed E-state index contributed by atoms with van der Waals surface area (Å²) in [6.45, 7) is 13.8. The first-order valence-electron chi connectivity index (χ1n) is 15.7. The number of ether oxygens (including phenoxy) is 1. The first-order chi connectivity index (χ1) is 16.8. The SMILES string of the molecule is CC(C)CCC[C@@H](C)[C@H]1CC[C@H]2[C@@H]3CC=C4C[C@H](OCCCCCCI)CC[C@]4(C)[C@H]3CC[C@]12C. The van der Waals surface area contributed by atoms with Gasteiger partial charge in [-0.1, -0.05) is 101 Å². The third kappa shape index (κ3) is 6.20. The summed E-state index contributed by atoms with van der Waals surface area (Å²) in [5, 5.41) is 0. The molecule has 0 aliphatic heterocycles. The zero-order chi connectivity index (χ0) is 25.1. The highest BCUT2D eigenvalue weighted by molar-refractivity contribution is 14.1. The van der Waals surface area contributed by atoms with Gasteiger partial charge >= 0.3 is 0 Å². The van der Waals surface area contributed by atoms with Gasteiger partial charge in [0, 0.05) is 6.61 Å². The predicted octanol–water partition coefficient (Wildman–Crippen LogP) is 10.4. The van der Waals surface area contributed by atoms with Crippen LogP contribution in [0.2, 0.25) is 0 Å². The van der Waals surface area contributed by atoms with Crippen molar-refractivity contribution in [2.24, 2.45) is 46.3 Å². The zero-order valence-corrected chi connectivity index (χ0v) is 26.1. The molecule has 3 saturated carbocycles. The number of alkyl halides is 1. The molecule has 0 spiro atoms. The summed E-state index contributed by atoms with van der Waals surface area (Å²) >= 11 is 2.50. The fourth-order valence-electron chi connectivity index (χ4n) is 9.59. The van der Waals surface area contributed by atoms with Crippen LogP contribution >= 0.6 is 22.6 Å². The summed E-state index contributed by atoms with van der Waals surface area (Å²) in [6, 6.07) is 0. The Kier molecular flexibility index (Phi) is 10.2.